The summed E-state index contributed by atoms with van der Waals surface area (Å²) in [7, 11) is 3.34. The minimum atomic E-state index is -0.631. The number of carbonyl (C=O) groups excluding carboxylic acids is 1. The Morgan fingerprint density at radius 2 is 1.94 bits per heavy atom. The van der Waals surface area contributed by atoms with Crippen LogP contribution in [0.5, 0.6) is 0 Å². The van der Waals surface area contributed by atoms with Crippen molar-refractivity contribution in [2.24, 2.45) is 29.1 Å². The van der Waals surface area contributed by atoms with E-state index in [1.807, 2.05) is 6.20 Å². The number of aryl methyl sites for hydroxylation is 1. The smallest absolute Gasteiger partial charge is 0.146 e. The molecule has 1 aliphatic carbocycles. The molecule has 0 aromatic carbocycles. The van der Waals surface area contributed by atoms with Crippen molar-refractivity contribution < 1.29 is 19.0 Å². The molecule has 0 spiro atoms. The van der Waals surface area contributed by atoms with Gasteiger partial charge in [0.25, 0.3) is 0 Å². The van der Waals surface area contributed by atoms with Gasteiger partial charge in [-0.2, -0.15) is 0 Å². The number of hydrogen-bond acceptors (Lipinski definition) is 5. The van der Waals surface area contributed by atoms with Gasteiger partial charge in [-0.25, -0.2) is 0 Å². The SMILES string of the molecule is CCC(COC)CC(=O)C(COCOC)(Cc1cc(CCCC2CC2)ccn1)C(C)CCC(C)C. The molecule has 0 aliphatic heterocycles. The summed E-state index contributed by atoms with van der Waals surface area (Å²) in [6, 6.07) is 4.36. The summed E-state index contributed by atoms with van der Waals surface area (Å²) in [5, 5.41) is 0. The summed E-state index contributed by atoms with van der Waals surface area (Å²) in [6.07, 6.45) is 12.5. The van der Waals surface area contributed by atoms with Crippen molar-refractivity contribution in [3.8, 4) is 0 Å². The normalized spacial score (nSPS) is 17.3. The average Bonchev–Trinajstić information content (AvgIpc) is 3.66. The molecule has 0 radical (unpaired) electrons. The first-order valence-electron chi connectivity index (χ1n) is 13.9. The topological polar surface area (TPSA) is 57.7 Å². The third kappa shape index (κ3) is 10.3. The molecule has 0 saturated heterocycles. The molecule has 2 rings (SSSR count). The molecule has 200 valence electrons. The van der Waals surface area contributed by atoms with E-state index in [0.29, 0.717) is 32.0 Å². The van der Waals surface area contributed by atoms with Crippen molar-refractivity contribution in [3.05, 3.63) is 29.6 Å². The number of ketones is 1. The van der Waals surface area contributed by atoms with E-state index < -0.39 is 5.41 Å². The van der Waals surface area contributed by atoms with Crippen LogP contribution in [0.25, 0.3) is 0 Å². The lowest BCUT2D eigenvalue weighted by Crippen LogP contribution is -2.45. The van der Waals surface area contributed by atoms with Crippen LogP contribution in [0, 0.1) is 29.1 Å². The summed E-state index contributed by atoms with van der Waals surface area (Å²) in [5.74, 6) is 2.22. The number of Topliss-reactive ketones (excluding diaryl/α,β-unsaturated/α-hetero) is 1. The fraction of sp³-hybridized carbons (Fsp3) is 0.800. The van der Waals surface area contributed by atoms with Crippen LogP contribution in [0.3, 0.4) is 0 Å². The average molecular weight is 490 g/mol. The van der Waals surface area contributed by atoms with Gasteiger partial charge in [-0.05, 0) is 60.6 Å². The van der Waals surface area contributed by atoms with E-state index in [-0.39, 0.29) is 24.4 Å². The molecule has 0 bridgehead atoms. The maximum Gasteiger partial charge on any atom is 0.146 e. The summed E-state index contributed by atoms with van der Waals surface area (Å²) >= 11 is 0. The van der Waals surface area contributed by atoms with Crippen molar-refractivity contribution in [1.82, 2.24) is 4.98 Å². The van der Waals surface area contributed by atoms with Gasteiger partial charge in [-0.1, -0.05) is 59.8 Å². The van der Waals surface area contributed by atoms with E-state index in [1.54, 1.807) is 14.2 Å². The molecule has 1 saturated carbocycles. The Kier molecular flexibility index (Phi) is 13.5. The van der Waals surface area contributed by atoms with Crippen molar-refractivity contribution in [2.75, 3.05) is 34.2 Å². The summed E-state index contributed by atoms with van der Waals surface area (Å²) in [4.78, 5) is 18.9. The van der Waals surface area contributed by atoms with Gasteiger partial charge in [0.1, 0.15) is 12.6 Å². The van der Waals surface area contributed by atoms with E-state index >= 15 is 0 Å². The van der Waals surface area contributed by atoms with Gasteiger partial charge < -0.3 is 14.2 Å². The predicted molar refractivity (Wildman–Crippen MR) is 142 cm³/mol. The number of hydrogen-bond donors (Lipinski definition) is 0. The number of methoxy groups -OCH3 is 2. The van der Waals surface area contributed by atoms with Crippen molar-refractivity contribution in [2.45, 2.75) is 91.9 Å². The van der Waals surface area contributed by atoms with Gasteiger partial charge in [-0.15, -0.1) is 0 Å². The van der Waals surface area contributed by atoms with Gasteiger partial charge in [0.05, 0.1) is 12.0 Å². The zero-order valence-electron chi connectivity index (χ0n) is 23.3. The molecular weight excluding hydrogens is 438 g/mol. The van der Waals surface area contributed by atoms with Gasteiger partial charge >= 0.3 is 0 Å². The fourth-order valence-corrected chi connectivity index (χ4v) is 5.12. The van der Waals surface area contributed by atoms with E-state index in [0.717, 1.165) is 37.3 Å². The molecular formula is C30H51NO4. The molecule has 1 heterocycles. The van der Waals surface area contributed by atoms with E-state index in [9.17, 15) is 4.79 Å². The lowest BCUT2D eigenvalue weighted by atomic mass is 9.66. The zero-order valence-corrected chi connectivity index (χ0v) is 23.3. The number of carbonyl (C=O) groups is 1. The van der Waals surface area contributed by atoms with Crippen LogP contribution in [0.15, 0.2) is 18.3 Å². The lowest BCUT2D eigenvalue weighted by Gasteiger charge is -2.39. The second-order valence-electron chi connectivity index (χ2n) is 11.3. The molecule has 1 aromatic rings. The summed E-state index contributed by atoms with van der Waals surface area (Å²) in [6.45, 7) is 10.0. The molecule has 1 aliphatic rings. The first-order valence-corrected chi connectivity index (χ1v) is 13.9. The highest BCUT2D eigenvalue weighted by Gasteiger charge is 2.44. The first kappa shape index (κ1) is 29.9. The van der Waals surface area contributed by atoms with Crippen LogP contribution < -0.4 is 0 Å². The largest absolute Gasteiger partial charge is 0.384 e. The highest BCUT2D eigenvalue weighted by atomic mass is 16.7. The van der Waals surface area contributed by atoms with Crippen LogP contribution in [-0.4, -0.2) is 45.0 Å². The number of pyridine rings is 1. The number of nitrogens with zero attached hydrogens (tertiary/aromatic N) is 1. The Balaban J connectivity index is 2.30. The van der Waals surface area contributed by atoms with Crippen LogP contribution in [0.1, 0.15) is 90.3 Å². The summed E-state index contributed by atoms with van der Waals surface area (Å²) in [5.41, 5.74) is 1.70. The van der Waals surface area contributed by atoms with Crippen molar-refractivity contribution in [3.63, 3.8) is 0 Å². The maximum atomic E-state index is 14.1. The Bertz CT molecular complexity index is 733. The highest BCUT2D eigenvalue weighted by molar-refractivity contribution is 5.86. The Hall–Kier alpha value is -1.30. The minimum Gasteiger partial charge on any atom is -0.384 e. The van der Waals surface area contributed by atoms with Crippen molar-refractivity contribution >= 4 is 5.78 Å². The molecule has 3 unspecified atom stereocenters. The third-order valence-electron chi connectivity index (χ3n) is 7.84. The predicted octanol–water partition coefficient (Wildman–Crippen LogP) is 6.67. The first-order chi connectivity index (χ1) is 16.8. The fourth-order valence-electron chi connectivity index (χ4n) is 5.12. The van der Waals surface area contributed by atoms with Crippen LogP contribution in [-0.2, 0) is 31.8 Å². The number of rotatable bonds is 20. The van der Waals surface area contributed by atoms with Crippen LogP contribution in [0.4, 0.5) is 0 Å². The van der Waals surface area contributed by atoms with Crippen LogP contribution in [0.2, 0.25) is 0 Å². The molecule has 1 fully saturated rings. The summed E-state index contributed by atoms with van der Waals surface area (Å²) < 4.78 is 16.6. The van der Waals surface area contributed by atoms with Gasteiger partial charge in [0.2, 0.25) is 0 Å². The molecule has 5 nitrogen and oxygen atoms in total. The van der Waals surface area contributed by atoms with E-state index in [1.165, 1.54) is 31.2 Å². The molecule has 35 heavy (non-hydrogen) atoms. The molecule has 0 amide bonds. The molecule has 0 N–H and O–H groups in total. The second-order valence-corrected chi connectivity index (χ2v) is 11.3. The molecule has 3 atom stereocenters. The van der Waals surface area contributed by atoms with Crippen molar-refractivity contribution in [1.29, 1.82) is 0 Å². The Morgan fingerprint density at radius 3 is 2.57 bits per heavy atom. The Morgan fingerprint density at radius 1 is 1.17 bits per heavy atom. The quantitative estimate of drug-likeness (QED) is 0.151. The number of aromatic nitrogens is 1. The lowest BCUT2D eigenvalue weighted by molar-refractivity contribution is -0.143. The third-order valence-corrected chi connectivity index (χ3v) is 7.84. The molecule has 1 aromatic heterocycles. The van der Waals surface area contributed by atoms with E-state index in [4.69, 9.17) is 19.2 Å². The van der Waals surface area contributed by atoms with E-state index in [2.05, 4.69) is 39.8 Å². The second kappa shape index (κ2) is 15.7. The van der Waals surface area contributed by atoms with Gasteiger partial charge in [0.15, 0.2) is 0 Å². The minimum absolute atomic E-state index is 0.176. The van der Waals surface area contributed by atoms with Crippen LogP contribution >= 0.6 is 0 Å². The van der Waals surface area contributed by atoms with Gasteiger partial charge in [0, 0.05) is 45.6 Å². The molecule has 5 heteroatoms. The highest BCUT2D eigenvalue weighted by Crippen LogP contribution is 2.39. The monoisotopic (exact) mass is 489 g/mol. The van der Waals surface area contributed by atoms with Gasteiger partial charge in [-0.3, -0.25) is 9.78 Å². The standard InChI is InChI=1S/C30H51NO4/c1-7-25(20-33-5)18-29(32)30(21-35-22-34-6,24(4)12-11-23(2)3)19-28-17-27(15-16-31-28)10-8-9-26-13-14-26/h15-17,23-26H,7-14,18-22H2,1-6H3. The maximum absolute atomic E-state index is 14.1. The Labute approximate surface area is 214 Å². The number of ether oxygens (including phenoxy) is 3. The zero-order chi connectivity index (χ0) is 25.7.